The molecule has 4 rings (SSSR count). The highest BCUT2D eigenvalue weighted by molar-refractivity contribution is 5.90. The fourth-order valence-electron chi connectivity index (χ4n) is 5.93. The lowest BCUT2D eigenvalue weighted by Crippen LogP contribution is -2.61. The van der Waals surface area contributed by atoms with Gasteiger partial charge in [0, 0.05) is 11.0 Å². The van der Waals surface area contributed by atoms with Crippen LogP contribution in [-0.2, 0) is 19.1 Å². The summed E-state index contributed by atoms with van der Waals surface area (Å²) in [6, 6.07) is 0. The van der Waals surface area contributed by atoms with Gasteiger partial charge in [0.1, 0.15) is 6.61 Å². The van der Waals surface area contributed by atoms with E-state index in [1.165, 1.54) is 5.57 Å². The normalized spacial score (nSPS) is 41.4. The summed E-state index contributed by atoms with van der Waals surface area (Å²) in [4.78, 5) is 24.7. The van der Waals surface area contributed by atoms with E-state index in [-0.39, 0.29) is 23.3 Å². The summed E-state index contributed by atoms with van der Waals surface area (Å²) >= 11 is 0. The molecule has 2 aliphatic heterocycles. The third-order valence-electron chi connectivity index (χ3n) is 7.09. The molecule has 0 N–H and O–H groups in total. The summed E-state index contributed by atoms with van der Waals surface area (Å²) in [6.07, 6.45) is 8.49. The van der Waals surface area contributed by atoms with E-state index < -0.39 is 5.41 Å². The molecule has 0 aromatic heterocycles. The molecular formula is C20H26O4. The molecule has 24 heavy (non-hydrogen) atoms. The molecule has 4 atom stereocenters. The largest absolute Gasteiger partial charge is 0.465 e. The van der Waals surface area contributed by atoms with Crippen molar-refractivity contribution in [2.24, 2.45) is 22.7 Å². The molecule has 2 heterocycles. The monoisotopic (exact) mass is 330 g/mol. The Balaban J connectivity index is 1.65. The number of carbonyl (C=O) groups is 2. The number of allylic oxidation sites excluding steroid dienone is 1. The van der Waals surface area contributed by atoms with Crippen LogP contribution in [0.5, 0.6) is 0 Å². The van der Waals surface area contributed by atoms with Crippen LogP contribution in [0.3, 0.4) is 0 Å². The van der Waals surface area contributed by atoms with E-state index in [9.17, 15) is 9.59 Å². The smallest absolute Gasteiger partial charge is 0.334 e. The molecule has 0 aromatic carbocycles. The first-order valence-electron chi connectivity index (χ1n) is 9.18. The van der Waals surface area contributed by atoms with Crippen molar-refractivity contribution in [2.45, 2.75) is 51.9 Å². The summed E-state index contributed by atoms with van der Waals surface area (Å²) in [6.45, 7) is 7.55. The van der Waals surface area contributed by atoms with Crippen molar-refractivity contribution in [3.8, 4) is 0 Å². The Morgan fingerprint density at radius 1 is 1.29 bits per heavy atom. The molecule has 4 nitrogen and oxygen atoms in total. The molecule has 4 heteroatoms. The quantitative estimate of drug-likeness (QED) is 0.586. The van der Waals surface area contributed by atoms with Crippen LogP contribution >= 0.6 is 0 Å². The van der Waals surface area contributed by atoms with Crippen LogP contribution in [0, 0.1) is 22.7 Å². The van der Waals surface area contributed by atoms with Gasteiger partial charge in [-0.05, 0) is 56.4 Å². The van der Waals surface area contributed by atoms with Crippen molar-refractivity contribution in [3.63, 3.8) is 0 Å². The molecule has 0 unspecified atom stereocenters. The third-order valence-corrected chi connectivity index (χ3v) is 7.09. The van der Waals surface area contributed by atoms with Crippen molar-refractivity contribution in [1.29, 1.82) is 0 Å². The predicted octanol–water partition coefficient (Wildman–Crippen LogP) is 3.57. The van der Waals surface area contributed by atoms with Gasteiger partial charge in [-0.15, -0.1) is 0 Å². The summed E-state index contributed by atoms with van der Waals surface area (Å²) < 4.78 is 10.7. The first-order valence-corrected chi connectivity index (χ1v) is 9.18. The Bertz CT molecular complexity index is 634. The van der Waals surface area contributed by atoms with E-state index in [0.717, 1.165) is 44.1 Å². The summed E-state index contributed by atoms with van der Waals surface area (Å²) in [7, 11) is 0. The van der Waals surface area contributed by atoms with Crippen molar-refractivity contribution >= 4 is 11.9 Å². The van der Waals surface area contributed by atoms with Crippen molar-refractivity contribution in [3.05, 3.63) is 23.8 Å². The van der Waals surface area contributed by atoms with E-state index in [1.54, 1.807) is 0 Å². The van der Waals surface area contributed by atoms with Crippen LogP contribution in [0.25, 0.3) is 0 Å². The number of hydrogen-bond donors (Lipinski definition) is 0. The van der Waals surface area contributed by atoms with Crippen molar-refractivity contribution in [1.82, 2.24) is 0 Å². The van der Waals surface area contributed by atoms with Crippen LogP contribution in [0.15, 0.2) is 23.8 Å². The van der Waals surface area contributed by atoms with Gasteiger partial charge >= 0.3 is 11.9 Å². The summed E-state index contributed by atoms with van der Waals surface area (Å²) in [5.74, 6) is 0.293. The molecule has 4 aliphatic rings. The molecule has 1 saturated heterocycles. The Kier molecular flexibility index (Phi) is 3.63. The van der Waals surface area contributed by atoms with Crippen LogP contribution < -0.4 is 0 Å². The Morgan fingerprint density at radius 3 is 2.88 bits per heavy atom. The van der Waals surface area contributed by atoms with Crippen LogP contribution in [0.1, 0.15) is 51.9 Å². The highest BCUT2D eigenvalue weighted by Crippen LogP contribution is 2.64. The summed E-state index contributed by atoms with van der Waals surface area (Å²) in [5.41, 5.74) is 1.62. The van der Waals surface area contributed by atoms with Gasteiger partial charge in [-0.3, -0.25) is 4.79 Å². The van der Waals surface area contributed by atoms with Crippen LogP contribution in [0.4, 0.5) is 0 Å². The molecule has 0 aromatic rings. The number of carbonyl (C=O) groups excluding carboxylic acids is 2. The van der Waals surface area contributed by atoms with Gasteiger partial charge in [0.25, 0.3) is 0 Å². The fourth-order valence-corrected chi connectivity index (χ4v) is 5.93. The van der Waals surface area contributed by atoms with Gasteiger partial charge < -0.3 is 9.47 Å². The topological polar surface area (TPSA) is 52.6 Å². The molecular weight excluding hydrogens is 304 g/mol. The molecule has 2 saturated carbocycles. The number of esters is 2. The number of cyclic esters (lactones) is 2. The maximum Gasteiger partial charge on any atom is 0.334 e. The second-order valence-corrected chi connectivity index (χ2v) is 8.29. The minimum atomic E-state index is -0.413. The maximum atomic E-state index is 13.0. The first kappa shape index (κ1) is 15.9. The van der Waals surface area contributed by atoms with Gasteiger partial charge in [0.2, 0.25) is 0 Å². The lowest BCUT2D eigenvalue weighted by molar-refractivity contribution is -0.207. The first-order chi connectivity index (χ1) is 11.5. The van der Waals surface area contributed by atoms with Gasteiger partial charge in [-0.2, -0.15) is 0 Å². The van der Waals surface area contributed by atoms with E-state index >= 15 is 0 Å². The molecule has 2 bridgehead atoms. The zero-order valence-electron chi connectivity index (χ0n) is 14.4. The van der Waals surface area contributed by atoms with Crippen LogP contribution in [0.2, 0.25) is 0 Å². The maximum absolute atomic E-state index is 13.0. The molecule has 0 radical (unpaired) electrons. The van der Waals surface area contributed by atoms with Crippen LogP contribution in [-0.4, -0.2) is 25.2 Å². The van der Waals surface area contributed by atoms with Crippen molar-refractivity contribution in [2.75, 3.05) is 13.2 Å². The number of rotatable bonds is 3. The second kappa shape index (κ2) is 5.47. The lowest BCUT2D eigenvalue weighted by atomic mass is 9.45. The lowest BCUT2D eigenvalue weighted by Gasteiger charge is -2.61. The minimum Gasteiger partial charge on any atom is -0.465 e. The van der Waals surface area contributed by atoms with Gasteiger partial charge in [0.15, 0.2) is 0 Å². The standard InChI is InChI=1S/C20H26O4/c1-13-4-7-16-19(2)9-3-10-20(16,18(22)24-12-19)15(13)6-5-14-8-11-23-17(14)21/h8,15-16H,1,3-7,9-12H2,2H3/t15-,16-,19-,20-/m1/s1. The zero-order chi connectivity index (χ0) is 16.9. The number of ether oxygens (including phenoxy) is 2. The number of hydrogen-bond acceptors (Lipinski definition) is 4. The fraction of sp³-hybridized carbons (Fsp3) is 0.700. The molecule has 2 aliphatic carbocycles. The highest BCUT2D eigenvalue weighted by Gasteiger charge is 2.64. The second-order valence-electron chi connectivity index (χ2n) is 8.29. The van der Waals surface area contributed by atoms with E-state index in [1.807, 2.05) is 6.08 Å². The Labute approximate surface area is 143 Å². The zero-order valence-corrected chi connectivity index (χ0v) is 14.4. The molecule has 0 amide bonds. The van der Waals surface area contributed by atoms with Crippen molar-refractivity contribution < 1.29 is 19.1 Å². The van der Waals surface area contributed by atoms with E-state index in [2.05, 4.69) is 13.5 Å². The Morgan fingerprint density at radius 2 is 2.12 bits per heavy atom. The molecule has 0 spiro atoms. The molecule has 3 fully saturated rings. The Hall–Kier alpha value is -1.58. The predicted molar refractivity (Wildman–Crippen MR) is 89.0 cm³/mol. The van der Waals surface area contributed by atoms with Gasteiger partial charge in [0.05, 0.1) is 12.0 Å². The van der Waals surface area contributed by atoms with E-state index in [4.69, 9.17) is 9.47 Å². The molecule has 130 valence electrons. The van der Waals surface area contributed by atoms with Gasteiger partial charge in [-0.25, -0.2) is 4.79 Å². The SMILES string of the molecule is C=C1CC[C@@H]2[C@]3(C)CCC[C@@]2(C(=O)OC3)[C@@H]1CCC1=CCOC1=O. The minimum absolute atomic E-state index is 0.0153. The third kappa shape index (κ3) is 2.11. The highest BCUT2D eigenvalue weighted by atomic mass is 16.5. The average Bonchev–Trinajstić information content (AvgIpc) is 2.96. The average molecular weight is 330 g/mol. The van der Waals surface area contributed by atoms with Gasteiger partial charge in [-0.1, -0.05) is 25.5 Å². The summed E-state index contributed by atoms with van der Waals surface area (Å²) in [5, 5.41) is 0. The van der Waals surface area contributed by atoms with E-state index in [0.29, 0.717) is 25.6 Å².